The lowest BCUT2D eigenvalue weighted by Crippen LogP contribution is -2.24. The molecule has 2 aromatic heterocycles. The lowest BCUT2D eigenvalue weighted by atomic mass is 9.97. The van der Waals surface area contributed by atoms with E-state index in [4.69, 9.17) is 14.5 Å². The Labute approximate surface area is 228 Å². The Bertz CT molecular complexity index is 1550. The number of hydrogen-bond donors (Lipinski definition) is 1. The van der Waals surface area contributed by atoms with Crippen LogP contribution in [0.4, 0.5) is 0 Å². The van der Waals surface area contributed by atoms with Crippen LogP contribution in [-0.2, 0) is 17.6 Å². The molecule has 196 valence electrons. The third-order valence-corrected chi connectivity index (χ3v) is 8.32. The Morgan fingerprint density at radius 2 is 2.00 bits per heavy atom. The highest BCUT2D eigenvalue weighted by molar-refractivity contribution is 7.99. The van der Waals surface area contributed by atoms with Crippen LogP contribution in [0, 0.1) is 0 Å². The number of carbonyl (C=O) groups excluding carboxylic acids is 1. The third-order valence-electron chi connectivity index (χ3n) is 6.20. The topological polar surface area (TPSA) is 94.8 Å². The van der Waals surface area contributed by atoms with E-state index in [-0.39, 0.29) is 17.2 Å². The van der Waals surface area contributed by atoms with E-state index >= 15 is 0 Å². The van der Waals surface area contributed by atoms with Crippen LogP contribution in [0.5, 0.6) is 11.5 Å². The van der Waals surface area contributed by atoms with Gasteiger partial charge in [0.05, 0.1) is 36.8 Å². The normalized spacial score (nSPS) is 13.0. The number of hydrazone groups is 1. The fraction of sp³-hybridized carbons (Fsp3) is 0.286. The molecule has 38 heavy (non-hydrogen) atoms. The molecule has 0 aliphatic heterocycles. The summed E-state index contributed by atoms with van der Waals surface area (Å²) >= 11 is 2.82. The van der Waals surface area contributed by atoms with Crippen LogP contribution in [0.2, 0.25) is 0 Å². The van der Waals surface area contributed by atoms with Crippen LogP contribution in [0.25, 0.3) is 15.9 Å². The van der Waals surface area contributed by atoms with E-state index < -0.39 is 0 Å². The van der Waals surface area contributed by atoms with Crippen LogP contribution in [-0.4, -0.2) is 41.1 Å². The van der Waals surface area contributed by atoms with E-state index in [9.17, 15) is 9.59 Å². The largest absolute Gasteiger partial charge is 0.493 e. The Kier molecular flexibility index (Phi) is 8.09. The van der Waals surface area contributed by atoms with Gasteiger partial charge in [-0.15, -0.1) is 11.3 Å². The zero-order valence-corrected chi connectivity index (χ0v) is 22.9. The van der Waals surface area contributed by atoms with Crippen LogP contribution in [0.15, 0.2) is 63.6 Å². The minimum atomic E-state index is -0.302. The SMILES string of the molecule is CCOc1ccc(/C=N/NC(=O)CSc2nc3sc4c(c3c(=O)n2-c2ccccc2)CCCC4)cc1OC. The van der Waals surface area contributed by atoms with Crippen LogP contribution in [0.3, 0.4) is 0 Å². The van der Waals surface area contributed by atoms with E-state index in [0.717, 1.165) is 52.7 Å². The second kappa shape index (κ2) is 11.8. The quantitative estimate of drug-likeness (QED) is 0.137. The average Bonchev–Trinajstić information content (AvgIpc) is 3.32. The number of nitrogens with one attached hydrogen (secondary N) is 1. The molecule has 0 saturated carbocycles. The number of thioether (sulfide) groups is 1. The first-order chi connectivity index (χ1) is 18.6. The van der Waals surface area contributed by atoms with Crippen molar-refractivity contribution in [2.45, 2.75) is 37.8 Å². The van der Waals surface area contributed by atoms with Gasteiger partial charge in [-0.25, -0.2) is 10.4 Å². The van der Waals surface area contributed by atoms with Gasteiger partial charge in [-0.2, -0.15) is 5.10 Å². The summed E-state index contributed by atoms with van der Waals surface area (Å²) < 4.78 is 12.5. The minimum Gasteiger partial charge on any atom is -0.493 e. The molecule has 10 heteroatoms. The van der Waals surface area contributed by atoms with Gasteiger partial charge in [0.2, 0.25) is 0 Å². The first-order valence-corrected chi connectivity index (χ1v) is 14.3. The first-order valence-electron chi connectivity index (χ1n) is 12.5. The average molecular weight is 549 g/mol. The second-order valence-electron chi connectivity index (χ2n) is 8.69. The third kappa shape index (κ3) is 5.46. The number of aromatic nitrogens is 2. The van der Waals surface area contributed by atoms with Gasteiger partial charge in [0, 0.05) is 4.88 Å². The summed E-state index contributed by atoms with van der Waals surface area (Å²) in [5.41, 5.74) is 5.11. The predicted octanol–water partition coefficient (Wildman–Crippen LogP) is 4.98. The summed E-state index contributed by atoms with van der Waals surface area (Å²) in [5, 5.41) is 5.28. The van der Waals surface area contributed by atoms with E-state index in [0.29, 0.717) is 23.3 Å². The van der Waals surface area contributed by atoms with Gasteiger partial charge in [-0.3, -0.25) is 14.2 Å². The van der Waals surface area contributed by atoms with Gasteiger partial charge in [0.15, 0.2) is 16.7 Å². The molecule has 0 unspecified atom stereocenters. The number of aryl methyl sites for hydroxylation is 2. The number of ether oxygens (including phenoxy) is 2. The molecule has 0 atom stereocenters. The number of methoxy groups -OCH3 is 1. The Morgan fingerprint density at radius 3 is 2.79 bits per heavy atom. The number of fused-ring (bicyclic) bond motifs is 3. The minimum absolute atomic E-state index is 0.0554. The molecule has 2 heterocycles. The number of nitrogens with zero attached hydrogens (tertiary/aromatic N) is 3. The molecule has 1 amide bonds. The lowest BCUT2D eigenvalue weighted by molar-refractivity contribution is -0.118. The highest BCUT2D eigenvalue weighted by Gasteiger charge is 2.23. The molecule has 1 N–H and O–H groups in total. The van der Waals surface area contributed by atoms with Gasteiger partial charge in [-0.05, 0) is 74.1 Å². The molecule has 4 aromatic rings. The van der Waals surface area contributed by atoms with E-state index in [1.807, 2.05) is 43.3 Å². The van der Waals surface area contributed by atoms with Crippen molar-refractivity contribution in [1.82, 2.24) is 15.0 Å². The van der Waals surface area contributed by atoms with Crippen molar-refractivity contribution in [2.75, 3.05) is 19.5 Å². The van der Waals surface area contributed by atoms with Crippen LogP contribution < -0.4 is 20.5 Å². The number of rotatable bonds is 9. The summed E-state index contributed by atoms with van der Waals surface area (Å²) in [6, 6.07) is 14.9. The molecule has 0 bridgehead atoms. The smallest absolute Gasteiger partial charge is 0.267 e. The van der Waals surface area contributed by atoms with Gasteiger partial charge in [0.25, 0.3) is 11.5 Å². The highest BCUT2D eigenvalue weighted by Crippen LogP contribution is 2.35. The molecule has 0 saturated heterocycles. The van der Waals surface area contributed by atoms with Crippen LogP contribution in [0.1, 0.15) is 35.8 Å². The summed E-state index contributed by atoms with van der Waals surface area (Å²) in [7, 11) is 1.57. The standard InChI is InChI=1S/C28H28N4O4S2/c1-3-36-21-14-13-18(15-22(21)35-2)16-29-31-24(33)17-37-28-30-26-25(20-11-7-8-12-23(20)38-26)27(34)32(28)19-9-5-4-6-10-19/h4-6,9-10,13-16H,3,7-8,11-12,17H2,1-2H3,(H,31,33)/b29-16+. The number of thiophene rings is 1. The van der Waals surface area contributed by atoms with E-state index in [1.54, 1.807) is 41.4 Å². The molecule has 5 rings (SSSR count). The summed E-state index contributed by atoms with van der Waals surface area (Å²) in [4.78, 5) is 33.2. The maximum Gasteiger partial charge on any atom is 0.267 e. The fourth-order valence-electron chi connectivity index (χ4n) is 4.47. The molecule has 0 fully saturated rings. The Morgan fingerprint density at radius 1 is 1.18 bits per heavy atom. The van der Waals surface area contributed by atoms with Gasteiger partial charge in [-0.1, -0.05) is 30.0 Å². The number of para-hydroxylation sites is 1. The monoisotopic (exact) mass is 548 g/mol. The zero-order chi connectivity index (χ0) is 26.5. The van der Waals surface area contributed by atoms with Crippen molar-refractivity contribution in [3.63, 3.8) is 0 Å². The summed E-state index contributed by atoms with van der Waals surface area (Å²) in [6.45, 7) is 2.44. The Hall–Kier alpha value is -3.63. The molecule has 0 radical (unpaired) electrons. The van der Waals surface area contributed by atoms with Crippen molar-refractivity contribution >= 4 is 45.4 Å². The maximum absolute atomic E-state index is 13.7. The molecular weight excluding hydrogens is 520 g/mol. The van der Waals surface area contributed by atoms with Gasteiger partial charge >= 0.3 is 0 Å². The van der Waals surface area contributed by atoms with Crippen molar-refractivity contribution in [1.29, 1.82) is 0 Å². The second-order valence-corrected chi connectivity index (χ2v) is 10.7. The molecule has 2 aromatic carbocycles. The van der Waals surface area contributed by atoms with Gasteiger partial charge in [0.1, 0.15) is 4.83 Å². The Balaban J connectivity index is 1.35. The number of hydrogen-bond acceptors (Lipinski definition) is 8. The highest BCUT2D eigenvalue weighted by atomic mass is 32.2. The summed E-state index contributed by atoms with van der Waals surface area (Å²) in [6.07, 6.45) is 5.67. The van der Waals surface area contributed by atoms with Crippen molar-refractivity contribution in [3.8, 4) is 17.2 Å². The predicted molar refractivity (Wildman–Crippen MR) is 152 cm³/mol. The van der Waals surface area contributed by atoms with Crippen LogP contribution >= 0.6 is 23.1 Å². The molecule has 1 aliphatic carbocycles. The number of amides is 1. The van der Waals surface area contributed by atoms with Crippen molar-refractivity contribution in [2.24, 2.45) is 5.10 Å². The molecule has 1 aliphatic rings. The summed E-state index contributed by atoms with van der Waals surface area (Å²) in [5.74, 6) is 0.991. The molecule has 0 spiro atoms. The number of carbonyl (C=O) groups is 1. The fourth-order valence-corrected chi connectivity index (χ4v) is 6.58. The molecule has 8 nitrogen and oxygen atoms in total. The zero-order valence-electron chi connectivity index (χ0n) is 21.2. The molecular formula is C28H28N4O4S2. The number of benzene rings is 2. The van der Waals surface area contributed by atoms with Crippen molar-refractivity contribution in [3.05, 3.63) is 74.9 Å². The van der Waals surface area contributed by atoms with E-state index in [1.165, 1.54) is 16.6 Å². The first kappa shape index (κ1) is 26.0. The lowest BCUT2D eigenvalue weighted by Gasteiger charge is -2.13. The van der Waals surface area contributed by atoms with Gasteiger partial charge < -0.3 is 9.47 Å². The maximum atomic E-state index is 13.7. The van der Waals surface area contributed by atoms with Crippen molar-refractivity contribution < 1.29 is 14.3 Å². The van der Waals surface area contributed by atoms with E-state index in [2.05, 4.69) is 10.5 Å².